The molecule has 5 heteroatoms. The largest absolute Gasteiger partial charge is 0.292 e. The molecule has 7 aromatic carbocycles. The van der Waals surface area contributed by atoms with Gasteiger partial charge in [0.1, 0.15) is 5.82 Å². The molecule has 0 saturated heterocycles. The van der Waals surface area contributed by atoms with E-state index in [0.29, 0.717) is 5.82 Å². The molecule has 10 rings (SSSR count). The van der Waals surface area contributed by atoms with Crippen LogP contribution in [-0.2, 0) is 0 Å². The second kappa shape index (κ2) is 12.6. The summed E-state index contributed by atoms with van der Waals surface area (Å²) in [4.78, 5) is 15.6. The Morgan fingerprint density at radius 1 is 0.423 bits per heavy atom. The van der Waals surface area contributed by atoms with Crippen LogP contribution >= 0.6 is 11.3 Å². The van der Waals surface area contributed by atoms with E-state index < -0.39 is 0 Å². The van der Waals surface area contributed by atoms with E-state index in [1.165, 1.54) is 31.3 Å². The van der Waals surface area contributed by atoms with Gasteiger partial charge in [0, 0.05) is 48.1 Å². The fourth-order valence-electron chi connectivity index (χ4n) is 7.15. The molecular formula is C47H30N4S. The molecule has 0 aliphatic carbocycles. The van der Waals surface area contributed by atoms with Crippen LogP contribution in [0.15, 0.2) is 182 Å². The van der Waals surface area contributed by atoms with Crippen LogP contribution in [0.1, 0.15) is 0 Å². The van der Waals surface area contributed by atoms with Gasteiger partial charge in [-0.1, -0.05) is 140 Å². The summed E-state index contributed by atoms with van der Waals surface area (Å²) in [5.74, 6) is 1.64. The lowest BCUT2D eigenvalue weighted by Crippen LogP contribution is -1.97. The topological polar surface area (TPSA) is 43.6 Å². The van der Waals surface area contributed by atoms with E-state index in [1.807, 2.05) is 24.3 Å². The first-order valence-electron chi connectivity index (χ1n) is 17.4. The van der Waals surface area contributed by atoms with E-state index in [9.17, 15) is 0 Å². The molecule has 0 unspecified atom stereocenters. The third-order valence-electron chi connectivity index (χ3n) is 9.65. The van der Waals surface area contributed by atoms with Gasteiger partial charge in [-0.2, -0.15) is 0 Å². The number of benzene rings is 7. The molecule has 4 nitrogen and oxygen atoms in total. The lowest BCUT2D eigenvalue weighted by molar-refractivity contribution is 1.10. The Bertz CT molecular complexity index is 2880. The van der Waals surface area contributed by atoms with Gasteiger partial charge in [-0.25, -0.2) is 15.0 Å². The zero-order valence-electron chi connectivity index (χ0n) is 28.0. The molecule has 244 valence electrons. The zero-order valence-corrected chi connectivity index (χ0v) is 28.8. The van der Waals surface area contributed by atoms with Crippen molar-refractivity contribution in [2.75, 3.05) is 0 Å². The Kier molecular flexibility index (Phi) is 7.29. The minimum Gasteiger partial charge on any atom is -0.292 e. The van der Waals surface area contributed by atoms with Crippen LogP contribution in [0.2, 0.25) is 0 Å². The SMILES string of the molecule is c1ccc(-c2ccc(-c3cc(-c4ccccc4)nc(-c4cccc5sc6cc(-c7nc8ccccc8n7-c7ccccc7)ccc6c45)n3)cc2)cc1. The quantitative estimate of drug-likeness (QED) is 0.175. The molecule has 0 N–H and O–H groups in total. The molecule has 0 spiro atoms. The Balaban J connectivity index is 1.12. The summed E-state index contributed by atoms with van der Waals surface area (Å²) in [6, 6.07) is 63.6. The Hall–Kier alpha value is -6.69. The molecular weight excluding hydrogens is 653 g/mol. The minimum atomic E-state index is 0.712. The first-order chi connectivity index (χ1) is 25.8. The van der Waals surface area contributed by atoms with Crippen LogP contribution in [0, 0.1) is 0 Å². The van der Waals surface area contributed by atoms with Crippen molar-refractivity contribution in [3.8, 4) is 62.1 Å². The summed E-state index contributed by atoms with van der Waals surface area (Å²) in [6.07, 6.45) is 0. The monoisotopic (exact) mass is 682 g/mol. The van der Waals surface area contributed by atoms with Crippen molar-refractivity contribution in [2.24, 2.45) is 0 Å². The van der Waals surface area contributed by atoms with Crippen molar-refractivity contribution in [1.29, 1.82) is 0 Å². The number of aromatic nitrogens is 4. The molecule has 0 saturated carbocycles. The average molecular weight is 683 g/mol. The van der Waals surface area contributed by atoms with E-state index in [2.05, 4.69) is 162 Å². The summed E-state index contributed by atoms with van der Waals surface area (Å²) in [6.45, 7) is 0. The molecule has 0 bridgehead atoms. The molecule has 0 aliphatic heterocycles. The van der Waals surface area contributed by atoms with Crippen LogP contribution < -0.4 is 0 Å². The van der Waals surface area contributed by atoms with Crippen molar-refractivity contribution in [2.45, 2.75) is 0 Å². The molecule has 0 radical (unpaired) electrons. The summed E-state index contributed by atoms with van der Waals surface area (Å²) in [5.41, 5.74) is 11.5. The van der Waals surface area contributed by atoms with Gasteiger partial charge in [0.25, 0.3) is 0 Å². The number of thiophene rings is 1. The molecule has 3 heterocycles. The van der Waals surface area contributed by atoms with Crippen LogP contribution in [-0.4, -0.2) is 19.5 Å². The maximum atomic E-state index is 5.25. The van der Waals surface area contributed by atoms with Gasteiger partial charge < -0.3 is 0 Å². The maximum Gasteiger partial charge on any atom is 0.161 e. The number of para-hydroxylation sites is 3. The summed E-state index contributed by atoms with van der Waals surface area (Å²) < 4.78 is 4.65. The van der Waals surface area contributed by atoms with E-state index >= 15 is 0 Å². The van der Waals surface area contributed by atoms with E-state index in [4.69, 9.17) is 15.0 Å². The third-order valence-corrected chi connectivity index (χ3v) is 10.8. The minimum absolute atomic E-state index is 0.712. The van der Waals surface area contributed by atoms with Crippen molar-refractivity contribution in [1.82, 2.24) is 19.5 Å². The number of hydrogen-bond acceptors (Lipinski definition) is 4. The molecule has 10 aromatic rings. The highest BCUT2D eigenvalue weighted by Gasteiger charge is 2.19. The van der Waals surface area contributed by atoms with Crippen LogP contribution in [0.25, 0.3) is 93.3 Å². The Labute approximate surface area is 305 Å². The highest BCUT2D eigenvalue weighted by Crippen LogP contribution is 2.42. The lowest BCUT2D eigenvalue weighted by atomic mass is 10.0. The molecule has 0 amide bonds. The van der Waals surface area contributed by atoms with Gasteiger partial charge in [0.05, 0.1) is 22.4 Å². The molecule has 3 aromatic heterocycles. The predicted molar refractivity (Wildman–Crippen MR) is 217 cm³/mol. The number of nitrogens with zero attached hydrogens (tertiary/aromatic N) is 4. The number of rotatable bonds is 6. The van der Waals surface area contributed by atoms with Gasteiger partial charge in [-0.3, -0.25) is 4.57 Å². The normalized spacial score (nSPS) is 11.5. The predicted octanol–water partition coefficient (Wildman–Crippen LogP) is 12.5. The highest BCUT2D eigenvalue weighted by atomic mass is 32.1. The van der Waals surface area contributed by atoms with Crippen LogP contribution in [0.4, 0.5) is 0 Å². The molecule has 0 atom stereocenters. The molecule has 0 fully saturated rings. The van der Waals surface area contributed by atoms with Crippen LogP contribution in [0.3, 0.4) is 0 Å². The van der Waals surface area contributed by atoms with Gasteiger partial charge in [0.2, 0.25) is 0 Å². The van der Waals surface area contributed by atoms with E-state index in [0.717, 1.165) is 56.2 Å². The highest BCUT2D eigenvalue weighted by molar-refractivity contribution is 7.26. The zero-order chi connectivity index (χ0) is 34.4. The fourth-order valence-corrected chi connectivity index (χ4v) is 8.32. The fraction of sp³-hybridized carbons (Fsp3) is 0. The van der Waals surface area contributed by atoms with Gasteiger partial charge >= 0.3 is 0 Å². The standard InChI is InChI=1S/C47H30N4S/c1-4-13-31(14-5-1)32-23-25-34(26-24-32)41-30-40(33-15-6-2-7-16-33)48-46(49-41)38-19-12-22-43-45(38)37-28-27-35(29-44(37)52-43)47-50-39-20-10-11-21-42(39)51(47)36-17-8-3-9-18-36/h1-30H. The second-order valence-electron chi connectivity index (χ2n) is 12.9. The average Bonchev–Trinajstić information content (AvgIpc) is 3.80. The van der Waals surface area contributed by atoms with Crippen molar-refractivity contribution in [3.63, 3.8) is 0 Å². The second-order valence-corrected chi connectivity index (χ2v) is 13.9. The first kappa shape index (κ1) is 30.2. The first-order valence-corrected chi connectivity index (χ1v) is 18.2. The van der Waals surface area contributed by atoms with Crippen molar-refractivity contribution >= 4 is 42.5 Å². The molecule has 52 heavy (non-hydrogen) atoms. The van der Waals surface area contributed by atoms with Crippen molar-refractivity contribution < 1.29 is 0 Å². The van der Waals surface area contributed by atoms with Gasteiger partial charge in [-0.15, -0.1) is 11.3 Å². The van der Waals surface area contributed by atoms with Crippen molar-refractivity contribution in [3.05, 3.63) is 182 Å². The van der Waals surface area contributed by atoms with Crippen LogP contribution in [0.5, 0.6) is 0 Å². The van der Waals surface area contributed by atoms with E-state index in [1.54, 1.807) is 11.3 Å². The van der Waals surface area contributed by atoms with Gasteiger partial charge in [-0.05, 0) is 53.6 Å². The Morgan fingerprint density at radius 3 is 1.77 bits per heavy atom. The summed E-state index contributed by atoms with van der Waals surface area (Å²) >= 11 is 1.80. The lowest BCUT2D eigenvalue weighted by Gasteiger charge is -2.11. The van der Waals surface area contributed by atoms with E-state index in [-0.39, 0.29) is 0 Å². The van der Waals surface area contributed by atoms with Gasteiger partial charge in [0.15, 0.2) is 5.82 Å². The smallest absolute Gasteiger partial charge is 0.161 e. The maximum absolute atomic E-state index is 5.25. The number of fused-ring (bicyclic) bond motifs is 4. The summed E-state index contributed by atoms with van der Waals surface area (Å²) in [5, 5.41) is 2.35. The molecule has 0 aliphatic rings. The number of imidazole rings is 1. The number of hydrogen-bond donors (Lipinski definition) is 0. The summed E-state index contributed by atoms with van der Waals surface area (Å²) in [7, 11) is 0. The third kappa shape index (κ3) is 5.27. The Morgan fingerprint density at radius 2 is 1.02 bits per heavy atom.